The molecular formula is C23H29N3O3S. The Morgan fingerprint density at radius 1 is 0.967 bits per heavy atom. The summed E-state index contributed by atoms with van der Waals surface area (Å²) in [4.78, 5) is 17.1. The molecule has 0 aromatic heterocycles. The van der Waals surface area contributed by atoms with E-state index < -0.39 is 10.0 Å². The number of carbonyl (C=O) groups excluding carboxylic acids is 1. The van der Waals surface area contributed by atoms with E-state index in [1.165, 1.54) is 5.56 Å². The summed E-state index contributed by atoms with van der Waals surface area (Å²) in [5.74, 6) is 0.115. The predicted molar refractivity (Wildman–Crippen MR) is 119 cm³/mol. The van der Waals surface area contributed by atoms with E-state index in [1.807, 2.05) is 53.4 Å². The van der Waals surface area contributed by atoms with Crippen LogP contribution in [0.4, 0.5) is 5.69 Å². The topological polar surface area (TPSA) is 60.9 Å². The van der Waals surface area contributed by atoms with Crippen LogP contribution in [-0.2, 0) is 27.0 Å². The van der Waals surface area contributed by atoms with Crippen molar-refractivity contribution >= 4 is 21.6 Å². The lowest BCUT2D eigenvalue weighted by Crippen LogP contribution is -2.53. The minimum absolute atomic E-state index is 0.0227. The van der Waals surface area contributed by atoms with E-state index in [9.17, 15) is 13.2 Å². The van der Waals surface area contributed by atoms with E-state index in [0.29, 0.717) is 32.7 Å². The number of anilines is 1. The quantitative estimate of drug-likeness (QED) is 0.736. The molecular weight excluding hydrogens is 398 g/mol. The normalized spacial score (nSPS) is 20.7. The number of benzene rings is 2. The number of piperazine rings is 1. The number of aryl methyl sites for hydroxylation is 1. The van der Waals surface area contributed by atoms with Crippen molar-refractivity contribution in [2.75, 3.05) is 37.6 Å². The fourth-order valence-electron chi connectivity index (χ4n) is 4.38. The summed E-state index contributed by atoms with van der Waals surface area (Å²) in [5.41, 5.74) is 3.04. The number of sulfonamides is 1. The highest BCUT2D eigenvalue weighted by Crippen LogP contribution is 2.30. The van der Waals surface area contributed by atoms with Crippen molar-refractivity contribution in [2.24, 2.45) is 0 Å². The van der Waals surface area contributed by atoms with Gasteiger partial charge in [-0.25, -0.2) is 8.42 Å². The van der Waals surface area contributed by atoms with Crippen LogP contribution in [0, 0.1) is 0 Å². The number of carbonyl (C=O) groups is 1. The minimum atomic E-state index is -3.35. The summed E-state index contributed by atoms with van der Waals surface area (Å²) in [6.45, 7) is 4.42. The molecule has 0 N–H and O–H groups in total. The van der Waals surface area contributed by atoms with Gasteiger partial charge in [0, 0.05) is 37.9 Å². The van der Waals surface area contributed by atoms with E-state index in [4.69, 9.17) is 0 Å². The first kappa shape index (κ1) is 21.0. The highest BCUT2D eigenvalue weighted by Gasteiger charge is 2.31. The molecule has 0 bridgehead atoms. The van der Waals surface area contributed by atoms with E-state index in [2.05, 4.69) is 17.9 Å². The molecule has 2 heterocycles. The van der Waals surface area contributed by atoms with Crippen LogP contribution < -0.4 is 4.90 Å². The molecule has 2 aliphatic rings. The molecule has 6 nitrogen and oxygen atoms in total. The van der Waals surface area contributed by atoms with Crippen LogP contribution in [0.1, 0.15) is 24.5 Å². The number of rotatable bonds is 5. The smallest absolute Gasteiger partial charge is 0.241 e. The van der Waals surface area contributed by atoms with Gasteiger partial charge in [0.15, 0.2) is 0 Å². The van der Waals surface area contributed by atoms with Crippen molar-refractivity contribution in [1.82, 2.24) is 9.21 Å². The fraction of sp³-hybridized carbons (Fsp3) is 0.435. The van der Waals surface area contributed by atoms with Crippen LogP contribution >= 0.6 is 0 Å². The Balaban J connectivity index is 1.35. The third-order valence-corrected chi connectivity index (χ3v) is 7.92. The molecule has 1 atom stereocenters. The number of fused-ring (bicyclic) bond motifs is 1. The molecule has 2 aromatic rings. The van der Waals surface area contributed by atoms with Gasteiger partial charge in [-0.2, -0.15) is 4.31 Å². The van der Waals surface area contributed by atoms with Crippen LogP contribution in [-0.4, -0.2) is 62.3 Å². The molecule has 0 aliphatic carbocycles. The fourth-order valence-corrected chi connectivity index (χ4v) is 5.89. The maximum absolute atomic E-state index is 13.1. The van der Waals surface area contributed by atoms with Crippen molar-refractivity contribution in [1.29, 1.82) is 0 Å². The molecule has 7 heteroatoms. The number of para-hydroxylation sites is 1. The first-order chi connectivity index (χ1) is 14.4. The number of nitrogens with zero attached hydrogens (tertiary/aromatic N) is 3. The molecule has 2 aromatic carbocycles. The molecule has 0 radical (unpaired) electrons. The van der Waals surface area contributed by atoms with E-state index in [0.717, 1.165) is 24.1 Å². The monoisotopic (exact) mass is 427 g/mol. The second-order valence-corrected chi connectivity index (χ2v) is 10.2. The van der Waals surface area contributed by atoms with Crippen molar-refractivity contribution in [2.45, 2.75) is 31.6 Å². The Bertz CT molecular complexity index is 986. The van der Waals surface area contributed by atoms with Crippen molar-refractivity contribution in [3.8, 4) is 0 Å². The number of hydrogen-bond donors (Lipinski definition) is 0. The third-order valence-electron chi connectivity index (χ3n) is 6.07. The van der Waals surface area contributed by atoms with Gasteiger partial charge in [-0.15, -0.1) is 0 Å². The molecule has 1 fully saturated rings. The summed E-state index contributed by atoms with van der Waals surface area (Å²) in [6.07, 6.45) is 1.97. The first-order valence-electron chi connectivity index (χ1n) is 10.6. The Morgan fingerprint density at radius 2 is 1.63 bits per heavy atom. The van der Waals surface area contributed by atoms with Gasteiger partial charge in [0.05, 0.1) is 12.3 Å². The molecule has 2 aliphatic heterocycles. The van der Waals surface area contributed by atoms with Crippen molar-refractivity contribution < 1.29 is 13.2 Å². The zero-order valence-corrected chi connectivity index (χ0v) is 18.2. The molecule has 0 unspecified atom stereocenters. The highest BCUT2D eigenvalue weighted by atomic mass is 32.2. The summed E-state index contributed by atoms with van der Waals surface area (Å²) in [6, 6.07) is 17.6. The van der Waals surface area contributed by atoms with Crippen LogP contribution in [0.2, 0.25) is 0 Å². The Hall–Kier alpha value is -2.22. The van der Waals surface area contributed by atoms with Crippen molar-refractivity contribution in [3.63, 3.8) is 0 Å². The molecule has 160 valence electrons. The standard InChI is InChI=1S/C23H29N3O3S/c1-19-11-12-21-9-5-6-10-22(21)26(19)23(27)17-24-13-15-25(16-14-24)30(28,29)18-20-7-3-2-4-8-20/h2-10,19H,11-18H2,1H3/t19-/m0/s1. The Kier molecular flexibility index (Phi) is 6.22. The summed E-state index contributed by atoms with van der Waals surface area (Å²) < 4.78 is 27.0. The summed E-state index contributed by atoms with van der Waals surface area (Å²) in [5, 5.41) is 0. The van der Waals surface area contributed by atoms with Crippen molar-refractivity contribution in [3.05, 3.63) is 65.7 Å². The lowest BCUT2D eigenvalue weighted by atomic mass is 9.96. The minimum Gasteiger partial charge on any atom is -0.308 e. The van der Waals surface area contributed by atoms with Crippen LogP contribution in [0.3, 0.4) is 0 Å². The van der Waals surface area contributed by atoms with Gasteiger partial charge in [-0.1, -0.05) is 48.5 Å². The van der Waals surface area contributed by atoms with Gasteiger partial charge in [-0.05, 0) is 37.0 Å². The van der Waals surface area contributed by atoms with E-state index >= 15 is 0 Å². The van der Waals surface area contributed by atoms with E-state index in [1.54, 1.807) is 4.31 Å². The first-order valence-corrected chi connectivity index (χ1v) is 12.2. The largest absolute Gasteiger partial charge is 0.308 e. The maximum Gasteiger partial charge on any atom is 0.241 e. The molecule has 1 amide bonds. The Morgan fingerprint density at radius 3 is 2.37 bits per heavy atom. The van der Waals surface area contributed by atoms with Crippen LogP contribution in [0.5, 0.6) is 0 Å². The van der Waals surface area contributed by atoms with Gasteiger partial charge in [-0.3, -0.25) is 9.69 Å². The van der Waals surface area contributed by atoms with Gasteiger partial charge in [0.2, 0.25) is 15.9 Å². The predicted octanol–water partition coefficient (Wildman–Crippen LogP) is 2.50. The van der Waals surface area contributed by atoms with Gasteiger partial charge in [0.25, 0.3) is 0 Å². The third kappa shape index (κ3) is 4.58. The van der Waals surface area contributed by atoms with Gasteiger partial charge < -0.3 is 4.90 Å². The molecule has 1 saturated heterocycles. The summed E-state index contributed by atoms with van der Waals surface area (Å²) in [7, 11) is -3.35. The lowest BCUT2D eigenvalue weighted by molar-refractivity contribution is -0.120. The number of amides is 1. The van der Waals surface area contributed by atoms with Gasteiger partial charge in [0.1, 0.15) is 0 Å². The Labute approximate surface area is 179 Å². The lowest BCUT2D eigenvalue weighted by Gasteiger charge is -2.38. The van der Waals surface area contributed by atoms with Gasteiger partial charge >= 0.3 is 0 Å². The van der Waals surface area contributed by atoms with Crippen LogP contribution in [0.15, 0.2) is 54.6 Å². The molecule has 0 saturated carbocycles. The second-order valence-electron chi connectivity index (χ2n) is 8.20. The zero-order chi connectivity index (χ0) is 21.1. The molecule has 0 spiro atoms. The number of hydrogen-bond acceptors (Lipinski definition) is 4. The SMILES string of the molecule is C[C@H]1CCc2ccccc2N1C(=O)CN1CCN(S(=O)(=O)Cc2ccccc2)CC1. The zero-order valence-electron chi connectivity index (χ0n) is 17.4. The average Bonchev–Trinajstić information content (AvgIpc) is 2.74. The van der Waals surface area contributed by atoms with E-state index in [-0.39, 0.29) is 17.7 Å². The summed E-state index contributed by atoms with van der Waals surface area (Å²) >= 11 is 0. The second kappa shape index (κ2) is 8.88. The average molecular weight is 428 g/mol. The maximum atomic E-state index is 13.1. The highest BCUT2D eigenvalue weighted by molar-refractivity contribution is 7.88. The van der Waals surface area contributed by atoms with Crippen LogP contribution in [0.25, 0.3) is 0 Å². The molecule has 4 rings (SSSR count). The molecule has 30 heavy (non-hydrogen) atoms.